The summed E-state index contributed by atoms with van der Waals surface area (Å²) in [7, 11) is 0. The number of amides is 1. The summed E-state index contributed by atoms with van der Waals surface area (Å²) < 4.78 is 5.48. The molecule has 0 radical (unpaired) electrons. The zero-order valence-electron chi connectivity index (χ0n) is 11.8. The third kappa shape index (κ3) is 4.07. The predicted molar refractivity (Wildman–Crippen MR) is 75.8 cm³/mol. The Hall–Kier alpha value is -1.86. The van der Waals surface area contributed by atoms with Gasteiger partial charge in [-0.25, -0.2) is 0 Å². The Morgan fingerprint density at radius 2 is 2.30 bits per heavy atom. The van der Waals surface area contributed by atoms with Gasteiger partial charge in [0, 0.05) is 19.6 Å². The number of nitriles is 1. The van der Waals surface area contributed by atoms with E-state index in [1.165, 1.54) is 0 Å². The monoisotopic (exact) mass is 272 g/mol. The lowest BCUT2D eigenvalue weighted by Crippen LogP contribution is -2.35. The average Bonchev–Trinajstić information content (AvgIpc) is 2.43. The Morgan fingerprint density at radius 1 is 1.50 bits per heavy atom. The predicted octanol–water partition coefficient (Wildman–Crippen LogP) is 2.38. The lowest BCUT2D eigenvalue weighted by Gasteiger charge is -2.34. The van der Waals surface area contributed by atoms with Crippen molar-refractivity contribution in [3.63, 3.8) is 0 Å². The Kier molecular flexibility index (Phi) is 5.14. The molecule has 1 aromatic carbocycles. The molecule has 1 aliphatic carbocycles. The number of nitrogens with zero attached hydrogens (tertiary/aromatic N) is 1. The van der Waals surface area contributed by atoms with E-state index in [9.17, 15) is 4.79 Å². The molecule has 4 heteroatoms. The summed E-state index contributed by atoms with van der Waals surface area (Å²) in [4.78, 5) is 11.8. The second-order valence-electron chi connectivity index (χ2n) is 5.21. The van der Waals surface area contributed by atoms with E-state index in [0.717, 1.165) is 25.0 Å². The summed E-state index contributed by atoms with van der Waals surface area (Å²) in [6, 6.07) is 9.40. The van der Waals surface area contributed by atoms with Crippen molar-refractivity contribution in [2.75, 3.05) is 6.61 Å². The second kappa shape index (κ2) is 7.06. The van der Waals surface area contributed by atoms with E-state index < -0.39 is 0 Å². The summed E-state index contributed by atoms with van der Waals surface area (Å²) in [5.74, 6) is 0.532. The topological polar surface area (TPSA) is 62.1 Å². The molecule has 106 valence electrons. The molecule has 0 saturated heterocycles. The third-order valence-corrected chi connectivity index (χ3v) is 3.61. The summed E-state index contributed by atoms with van der Waals surface area (Å²) in [5.41, 5.74) is 1.58. The smallest absolute Gasteiger partial charge is 0.220 e. The summed E-state index contributed by atoms with van der Waals surface area (Å²) in [6.07, 6.45) is 2.91. The molecule has 0 aromatic heterocycles. The summed E-state index contributed by atoms with van der Waals surface area (Å²) >= 11 is 0. The minimum absolute atomic E-state index is 0.0762. The van der Waals surface area contributed by atoms with Crippen molar-refractivity contribution in [1.82, 2.24) is 5.32 Å². The molecule has 0 unspecified atom stereocenters. The number of benzene rings is 1. The Balaban J connectivity index is 1.69. The quantitative estimate of drug-likeness (QED) is 0.864. The van der Waals surface area contributed by atoms with Gasteiger partial charge in [0.1, 0.15) is 0 Å². The largest absolute Gasteiger partial charge is 0.378 e. The summed E-state index contributed by atoms with van der Waals surface area (Å²) in [5, 5.41) is 11.7. The maximum atomic E-state index is 11.8. The minimum Gasteiger partial charge on any atom is -0.378 e. The molecule has 0 spiro atoms. The highest BCUT2D eigenvalue weighted by Gasteiger charge is 2.30. The first kappa shape index (κ1) is 14.5. The van der Waals surface area contributed by atoms with Gasteiger partial charge in [0.05, 0.1) is 17.7 Å². The molecule has 0 bridgehead atoms. The van der Waals surface area contributed by atoms with Crippen LogP contribution in [0.25, 0.3) is 0 Å². The fourth-order valence-corrected chi connectivity index (χ4v) is 2.50. The normalized spacial score (nSPS) is 20.8. The molecular weight excluding hydrogens is 252 g/mol. The van der Waals surface area contributed by atoms with Gasteiger partial charge < -0.3 is 10.1 Å². The van der Waals surface area contributed by atoms with Crippen LogP contribution in [-0.2, 0) is 16.1 Å². The molecule has 0 aliphatic heterocycles. The Labute approximate surface area is 119 Å². The highest BCUT2D eigenvalue weighted by Crippen LogP contribution is 2.32. The molecule has 1 saturated carbocycles. The van der Waals surface area contributed by atoms with Crippen molar-refractivity contribution in [3.8, 4) is 6.07 Å². The second-order valence-corrected chi connectivity index (χ2v) is 5.21. The van der Waals surface area contributed by atoms with E-state index in [2.05, 4.69) is 11.4 Å². The van der Waals surface area contributed by atoms with Crippen LogP contribution >= 0.6 is 0 Å². The molecule has 0 atom stereocenters. The number of hydrogen-bond donors (Lipinski definition) is 1. The minimum atomic E-state index is 0.0762. The molecule has 20 heavy (non-hydrogen) atoms. The molecule has 1 N–H and O–H groups in total. The number of ether oxygens (including phenoxy) is 1. The van der Waals surface area contributed by atoms with Crippen molar-refractivity contribution < 1.29 is 9.53 Å². The fraction of sp³-hybridized carbons (Fsp3) is 0.500. The maximum absolute atomic E-state index is 11.8. The molecule has 2 rings (SSSR count). The van der Waals surface area contributed by atoms with Crippen LogP contribution in [0.1, 0.15) is 37.3 Å². The highest BCUT2D eigenvalue weighted by molar-refractivity contribution is 5.76. The Bertz CT molecular complexity index is 501. The van der Waals surface area contributed by atoms with Crippen molar-refractivity contribution in [3.05, 3.63) is 35.4 Å². The van der Waals surface area contributed by atoms with Crippen LogP contribution in [0.4, 0.5) is 0 Å². The van der Waals surface area contributed by atoms with E-state index in [1.54, 1.807) is 12.1 Å². The maximum Gasteiger partial charge on any atom is 0.220 e. The van der Waals surface area contributed by atoms with E-state index >= 15 is 0 Å². The zero-order chi connectivity index (χ0) is 14.4. The van der Waals surface area contributed by atoms with Crippen LogP contribution in [-0.4, -0.2) is 18.6 Å². The highest BCUT2D eigenvalue weighted by atomic mass is 16.5. The molecule has 4 nitrogen and oxygen atoms in total. The SMILES string of the molecule is CCOC1CC(CC(=O)NCc2cccc(C#N)c2)C1. The lowest BCUT2D eigenvalue weighted by molar-refractivity contribution is -0.124. The van der Waals surface area contributed by atoms with Crippen LogP contribution in [0.3, 0.4) is 0 Å². The lowest BCUT2D eigenvalue weighted by atomic mass is 9.80. The molecule has 1 aromatic rings. The van der Waals surface area contributed by atoms with Crippen molar-refractivity contribution in [2.45, 2.75) is 38.8 Å². The van der Waals surface area contributed by atoms with Crippen LogP contribution < -0.4 is 5.32 Å². The van der Waals surface area contributed by atoms with Gasteiger partial charge in [-0.15, -0.1) is 0 Å². The molecule has 1 aliphatic rings. The van der Waals surface area contributed by atoms with Gasteiger partial charge in [-0.3, -0.25) is 4.79 Å². The molecule has 1 fully saturated rings. The van der Waals surface area contributed by atoms with Crippen LogP contribution in [0.2, 0.25) is 0 Å². The van der Waals surface area contributed by atoms with Gasteiger partial charge in [-0.05, 0) is 43.4 Å². The van der Waals surface area contributed by atoms with Crippen LogP contribution in [0.15, 0.2) is 24.3 Å². The zero-order valence-corrected chi connectivity index (χ0v) is 11.8. The van der Waals surface area contributed by atoms with Gasteiger partial charge in [0.25, 0.3) is 0 Å². The Morgan fingerprint density at radius 3 is 3.00 bits per heavy atom. The van der Waals surface area contributed by atoms with E-state index in [-0.39, 0.29) is 5.91 Å². The van der Waals surface area contributed by atoms with Gasteiger partial charge >= 0.3 is 0 Å². The van der Waals surface area contributed by atoms with Crippen molar-refractivity contribution in [1.29, 1.82) is 5.26 Å². The molecule has 1 amide bonds. The van der Waals surface area contributed by atoms with Crippen LogP contribution in [0, 0.1) is 17.2 Å². The summed E-state index contributed by atoms with van der Waals surface area (Å²) in [6.45, 7) is 3.23. The molecule has 0 heterocycles. The number of carbonyl (C=O) groups is 1. The number of hydrogen-bond acceptors (Lipinski definition) is 3. The number of nitrogens with one attached hydrogen (secondary N) is 1. The first-order valence-corrected chi connectivity index (χ1v) is 7.08. The van der Waals surface area contributed by atoms with Crippen molar-refractivity contribution >= 4 is 5.91 Å². The number of rotatable bonds is 6. The van der Waals surface area contributed by atoms with Gasteiger partial charge in [-0.1, -0.05) is 12.1 Å². The van der Waals surface area contributed by atoms with Crippen molar-refractivity contribution in [2.24, 2.45) is 5.92 Å². The first-order chi connectivity index (χ1) is 9.71. The van der Waals surface area contributed by atoms with Gasteiger partial charge in [0.2, 0.25) is 5.91 Å². The van der Waals surface area contributed by atoms with E-state index in [4.69, 9.17) is 10.00 Å². The first-order valence-electron chi connectivity index (χ1n) is 7.08. The van der Waals surface area contributed by atoms with Gasteiger partial charge in [0.15, 0.2) is 0 Å². The average molecular weight is 272 g/mol. The van der Waals surface area contributed by atoms with E-state index in [1.807, 2.05) is 19.1 Å². The van der Waals surface area contributed by atoms with E-state index in [0.29, 0.717) is 30.6 Å². The van der Waals surface area contributed by atoms with Gasteiger partial charge in [-0.2, -0.15) is 5.26 Å². The van der Waals surface area contributed by atoms with Crippen LogP contribution in [0.5, 0.6) is 0 Å². The molecular formula is C16H20N2O2. The standard InChI is InChI=1S/C16H20N2O2/c1-2-20-15-7-14(8-15)9-16(19)18-11-13-5-3-4-12(6-13)10-17/h3-6,14-15H,2,7-9,11H2,1H3,(H,18,19). The fourth-order valence-electron chi connectivity index (χ4n) is 2.50. The third-order valence-electron chi connectivity index (χ3n) is 3.61. The number of carbonyl (C=O) groups excluding carboxylic acids is 1.